The molecule has 0 spiro atoms. The summed E-state index contributed by atoms with van der Waals surface area (Å²) in [7, 11) is 0. The van der Waals surface area contributed by atoms with E-state index >= 15 is 0 Å². The average Bonchev–Trinajstić information content (AvgIpc) is 2.71. The van der Waals surface area contributed by atoms with Crippen LogP contribution in [0.1, 0.15) is 33.1 Å². The Morgan fingerprint density at radius 2 is 1.41 bits per heavy atom. The molecule has 0 heterocycles. The Morgan fingerprint density at radius 3 is 1.88 bits per heavy atom. The summed E-state index contributed by atoms with van der Waals surface area (Å²) in [5.74, 6) is -3.31. The van der Waals surface area contributed by atoms with Crippen LogP contribution in [0.25, 0.3) is 0 Å². The fourth-order valence-corrected chi connectivity index (χ4v) is 3.06. The second-order valence-corrected chi connectivity index (χ2v) is 8.30. The van der Waals surface area contributed by atoms with Crippen molar-refractivity contribution in [3.8, 4) is 0 Å². The van der Waals surface area contributed by atoms with E-state index in [-0.39, 0.29) is 23.4 Å². The zero-order chi connectivity index (χ0) is 24.8. The summed E-state index contributed by atoms with van der Waals surface area (Å²) >= 11 is 7.94. The molecule has 14 heteroatoms. The molecule has 0 fully saturated rings. The maximum absolute atomic E-state index is 12.8. The molecule has 0 aliphatic carbocycles. The zero-order valence-corrected chi connectivity index (χ0v) is 20.1. The van der Waals surface area contributed by atoms with Gasteiger partial charge in [0.05, 0.1) is 6.04 Å². The van der Waals surface area contributed by atoms with Crippen molar-refractivity contribution in [2.75, 3.05) is 18.1 Å². The molecular weight excluding hydrogens is 458 g/mol. The first-order valence-corrected chi connectivity index (χ1v) is 11.4. The van der Waals surface area contributed by atoms with Crippen LogP contribution in [-0.4, -0.2) is 77.0 Å². The third-order valence-electron chi connectivity index (χ3n) is 4.26. The van der Waals surface area contributed by atoms with Crippen LogP contribution in [0.15, 0.2) is 4.99 Å². The first-order valence-electron chi connectivity index (χ1n) is 10.1. The number of carbonyl (C=O) groups is 4. The molecule has 0 radical (unpaired) electrons. The van der Waals surface area contributed by atoms with Gasteiger partial charge in [0.1, 0.15) is 18.1 Å². The number of hydrogen-bond acceptors (Lipinski definition) is 8. The molecule has 12 nitrogen and oxygen atoms in total. The number of amides is 3. The van der Waals surface area contributed by atoms with Crippen molar-refractivity contribution < 1.29 is 24.3 Å². The van der Waals surface area contributed by atoms with Gasteiger partial charge in [-0.3, -0.25) is 19.4 Å². The molecule has 4 atom stereocenters. The van der Waals surface area contributed by atoms with Crippen LogP contribution in [0.3, 0.4) is 0 Å². The Hall–Kier alpha value is -2.19. The van der Waals surface area contributed by atoms with E-state index in [4.69, 9.17) is 22.3 Å². The number of aliphatic carboxylic acids is 1. The number of hydrogen-bond donors (Lipinski definition) is 9. The molecule has 0 rings (SSSR count). The number of rotatable bonds is 15. The molecule has 0 aliphatic rings. The fourth-order valence-electron chi connectivity index (χ4n) is 2.56. The minimum Gasteiger partial charge on any atom is -0.480 e. The first kappa shape index (κ1) is 29.8. The molecule has 0 aromatic carbocycles. The van der Waals surface area contributed by atoms with Gasteiger partial charge in [0.2, 0.25) is 17.7 Å². The number of nitrogens with zero attached hydrogens (tertiary/aromatic N) is 1. The maximum Gasteiger partial charge on any atom is 0.327 e. The monoisotopic (exact) mass is 493 g/mol. The highest BCUT2D eigenvalue weighted by atomic mass is 32.1. The number of carboxylic acid groups (broad SMARTS) is 1. The number of carbonyl (C=O) groups excluding carboxylic acids is 3. The van der Waals surface area contributed by atoms with Crippen molar-refractivity contribution in [3.63, 3.8) is 0 Å². The topological polar surface area (TPSA) is 215 Å². The number of aliphatic imine (C=N–C) groups is 1. The van der Waals surface area contributed by atoms with Gasteiger partial charge in [-0.2, -0.15) is 25.3 Å². The van der Waals surface area contributed by atoms with Gasteiger partial charge in [-0.25, -0.2) is 4.79 Å². The van der Waals surface area contributed by atoms with E-state index in [0.717, 1.165) is 0 Å². The number of nitrogens with one attached hydrogen (secondary N) is 3. The van der Waals surface area contributed by atoms with Crippen molar-refractivity contribution in [3.05, 3.63) is 0 Å². The first-order chi connectivity index (χ1) is 14.9. The minimum atomic E-state index is -1.25. The zero-order valence-electron chi connectivity index (χ0n) is 18.3. The van der Waals surface area contributed by atoms with E-state index in [0.29, 0.717) is 25.8 Å². The Kier molecular flexibility index (Phi) is 14.5. The Bertz CT molecular complexity index is 674. The summed E-state index contributed by atoms with van der Waals surface area (Å²) in [6, 6.07) is -4.13. The summed E-state index contributed by atoms with van der Waals surface area (Å²) in [5, 5.41) is 16.5. The van der Waals surface area contributed by atoms with Crippen molar-refractivity contribution in [2.24, 2.45) is 28.1 Å². The Balaban J connectivity index is 5.07. The van der Waals surface area contributed by atoms with Gasteiger partial charge in [0.15, 0.2) is 5.96 Å². The molecular formula is C18H35N7O5S2. The summed E-state index contributed by atoms with van der Waals surface area (Å²) in [6.45, 7) is 4.06. The summed E-state index contributed by atoms with van der Waals surface area (Å²) in [5.41, 5.74) is 16.4. The van der Waals surface area contributed by atoms with Crippen LogP contribution in [0.5, 0.6) is 0 Å². The van der Waals surface area contributed by atoms with E-state index in [1.165, 1.54) is 0 Å². The Morgan fingerprint density at radius 1 is 0.906 bits per heavy atom. The third-order valence-corrected chi connectivity index (χ3v) is 4.99. The smallest absolute Gasteiger partial charge is 0.327 e. The predicted octanol–water partition coefficient (Wildman–Crippen LogP) is -2.19. The Labute approximate surface area is 198 Å². The van der Waals surface area contributed by atoms with Crippen LogP contribution in [0.4, 0.5) is 0 Å². The highest BCUT2D eigenvalue weighted by Crippen LogP contribution is 2.07. The molecule has 184 valence electrons. The lowest BCUT2D eigenvalue weighted by atomic mass is 10.0. The molecule has 32 heavy (non-hydrogen) atoms. The highest BCUT2D eigenvalue weighted by molar-refractivity contribution is 7.80. The molecule has 0 bridgehead atoms. The van der Waals surface area contributed by atoms with Gasteiger partial charge >= 0.3 is 5.97 Å². The predicted molar refractivity (Wildman–Crippen MR) is 128 cm³/mol. The molecule has 3 amide bonds. The number of guanidine groups is 1. The van der Waals surface area contributed by atoms with Crippen molar-refractivity contribution in [1.29, 1.82) is 0 Å². The van der Waals surface area contributed by atoms with Gasteiger partial charge in [-0.1, -0.05) is 13.8 Å². The number of nitrogens with two attached hydrogens (primary N) is 3. The summed E-state index contributed by atoms with van der Waals surface area (Å²) < 4.78 is 0. The van der Waals surface area contributed by atoms with Crippen LogP contribution < -0.4 is 33.2 Å². The van der Waals surface area contributed by atoms with Crippen LogP contribution in [0, 0.1) is 5.92 Å². The normalized spacial score (nSPS) is 14.6. The quantitative estimate of drug-likeness (QED) is 0.0527. The number of carboxylic acids is 1. The lowest BCUT2D eigenvalue weighted by molar-refractivity contribution is -0.141. The van der Waals surface area contributed by atoms with Gasteiger partial charge in [0.25, 0.3) is 0 Å². The van der Waals surface area contributed by atoms with Crippen molar-refractivity contribution >= 4 is 54.9 Å². The second kappa shape index (κ2) is 15.6. The van der Waals surface area contributed by atoms with E-state index in [9.17, 15) is 19.2 Å². The van der Waals surface area contributed by atoms with Gasteiger partial charge < -0.3 is 38.3 Å². The van der Waals surface area contributed by atoms with Crippen LogP contribution in [0.2, 0.25) is 0 Å². The van der Waals surface area contributed by atoms with Crippen molar-refractivity contribution in [2.45, 2.75) is 57.3 Å². The van der Waals surface area contributed by atoms with E-state index < -0.39 is 47.9 Å². The van der Waals surface area contributed by atoms with Crippen molar-refractivity contribution in [1.82, 2.24) is 16.0 Å². The molecule has 0 saturated heterocycles. The molecule has 0 aromatic rings. The maximum atomic E-state index is 12.8. The summed E-state index contributed by atoms with van der Waals surface area (Å²) in [6.07, 6.45) is 1.08. The van der Waals surface area contributed by atoms with Crippen LogP contribution >= 0.6 is 25.3 Å². The molecule has 10 N–H and O–H groups in total. The van der Waals surface area contributed by atoms with E-state index in [2.05, 4.69) is 46.2 Å². The molecule has 0 aliphatic heterocycles. The lowest BCUT2D eigenvalue weighted by Crippen LogP contribution is -2.58. The lowest BCUT2D eigenvalue weighted by Gasteiger charge is -2.25. The standard InChI is InChI=1S/C18H35N7O5S2/c1-9(2)6-11(23-14(26)10(19)4-3-5-22-18(20)21)15(27)24-12(7-31)16(28)25-13(8-32)17(29)30/h9-13,31-32H,3-8,19H2,1-2H3,(H,23,26)(H,24,27)(H,25,28)(H,29,30)(H4,20,21,22). The molecule has 4 unspecified atom stereocenters. The highest BCUT2D eigenvalue weighted by Gasteiger charge is 2.29. The van der Waals surface area contributed by atoms with E-state index in [1.807, 2.05) is 13.8 Å². The van der Waals surface area contributed by atoms with E-state index in [1.54, 1.807) is 0 Å². The van der Waals surface area contributed by atoms with Gasteiger partial charge in [0, 0.05) is 18.1 Å². The van der Waals surface area contributed by atoms with Gasteiger partial charge in [-0.15, -0.1) is 0 Å². The van der Waals surface area contributed by atoms with Crippen LogP contribution in [-0.2, 0) is 19.2 Å². The summed E-state index contributed by atoms with van der Waals surface area (Å²) in [4.78, 5) is 52.5. The number of thiol groups is 2. The fraction of sp³-hybridized carbons (Fsp3) is 0.722. The SMILES string of the molecule is CC(C)CC(NC(=O)C(N)CCCN=C(N)N)C(=O)NC(CS)C(=O)NC(CS)C(=O)O. The van der Waals surface area contributed by atoms with Gasteiger partial charge in [-0.05, 0) is 25.2 Å². The average molecular weight is 494 g/mol. The second-order valence-electron chi connectivity index (χ2n) is 7.57. The molecule has 0 saturated carbocycles. The largest absolute Gasteiger partial charge is 0.480 e. The minimum absolute atomic E-state index is 0.0491. The molecule has 0 aromatic heterocycles. The third kappa shape index (κ3) is 12.0.